The number of carbonyl (C=O) groups is 5. The Hall–Kier alpha value is -4.69. The lowest BCUT2D eigenvalue weighted by Crippen LogP contribution is -2.72. The molecule has 0 saturated carbocycles. The second-order valence-electron chi connectivity index (χ2n) is 22.6. The van der Waals surface area contributed by atoms with Crippen LogP contribution in [0.25, 0.3) is 0 Å². The van der Waals surface area contributed by atoms with Crippen molar-refractivity contribution in [1.29, 1.82) is 0 Å². The van der Waals surface area contributed by atoms with Crippen LogP contribution in [0, 0.1) is 0 Å². The molecular formula is C57H91N5O26. The van der Waals surface area contributed by atoms with Crippen molar-refractivity contribution in [2.45, 2.75) is 240 Å². The summed E-state index contributed by atoms with van der Waals surface area (Å²) in [5, 5.41) is 135. The summed E-state index contributed by atoms with van der Waals surface area (Å²) in [5.41, 5.74) is 0.0635. The van der Waals surface area contributed by atoms with E-state index in [2.05, 4.69) is 45.7 Å². The summed E-state index contributed by atoms with van der Waals surface area (Å²) >= 11 is 0. The highest BCUT2D eigenvalue weighted by Crippen LogP contribution is 2.36. The normalized spacial score (nSPS) is 37.8. The third-order valence-electron chi connectivity index (χ3n) is 15.8. The molecule has 15 unspecified atom stereocenters. The first-order valence-electron chi connectivity index (χ1n) is 29.8. The molecule has 1 aromatic carbocycles. The minimum Gasteiger partial charge on any atom is -0.494 e. The van der Waals surface area contributed by atoms with E-state index in [-0.39, 0.29) is 5.56 Å². The molecule has 0 radical (unpaired) electrons. The van der Waals surface area contributed by atoms with E-state index in [4.69, 9.17) is 47.4 Å². The molecule has 0 aliphatic carbocycles. The highest BCUT2D eigenvalue weighted by molar-refractivity contribution is 5.94. The monoisotopic (exact) mass is 1260 g/mol. The van der Waals surface area contributed by atoms with Gasteiger partial charge in [0, 0.05) is 33.3 Å². The van der Waals surface area contributed by atoms with Crippen molar-refractivity contribution < 1.29 is 128 Å². The van der Waals surface area contributed by atoms with Crippen molar-refractivity contribution in [2.24, 2.45) is 0 Å². The Morgan fingerprint density at radius 1 is 0.466 bits per heavy atom. The van der Waals surface area contributed by atoms with Crippen molar-refractivity contribution in [2.75, 3.05) is 39.6 Å². The Balaban J connectivity index is 1.18. The van der Waals surface area contributed by atoms with Gasteiger partial charge in [-0.25, -0.2) is 0 Å². The molecule has 25 atom stereocenters. The fraction of sp³-hybridized carbons (Fsp3) is 0.772. The number of rotatable bonds is 29. The first-order chi connectivity index (χ1) is 42.0. The van der Waals surface area contributed by atoms with Crippen LogP contribution >= 0.6 is 0 Å². The number of unbranched alkanes of at least 4 members (excludes halogenated alkanes) is 5. The third kappa shape index (κ3) is 18.7. The van der Waals surface area contributed by atoms with Gasteiger partial charge in [-0.2, -0.15) is 0 Å². The molecule has 5 heterocycles. The SMILES string of the molecule is CCCCCC/C=C\CCCOc1cccc(C(=O)N[C@@H]2C(O[C@H]3C(O)C(NC(C)=O)C(OC4C(CO)O[C@@H](O[C@H]5C(O)C(NC(C)=O)C(OC6C(CO)OC(C)C(NC(C)=O)[C@H]6O)O[C@H]5CO)C(NC(C)=O)[C@H]4O)O[C@H]3CO)OC(CO)[C@@H](O)[C@@H]2O)c1. The first kappa shape index (κ1) is 72.4. The fourth-order valence-electron chi connectivity index (χ4n) is 11.4. The molecule has 5 aliphatic rings. The number of nitrogens with one attached hydrogen (secondary N) is 5. The Morgan fingerprint density at radius 3 is 1.25 bits per heavy atom. The molecule has 0 spiro atoms. The lowest BCUT2D eigenvalue weighted by molar-refractivity contribution is -0.366. The van der Waals surface area contributed by atoms with Gasteiger partial charge in [-0.3, -0.25) is 24.0 Å². The minimum absolute atomic E-state index is 0.0635. The van der Waals surface area contributed by atoms with Gasteiger partial charge in [0.05, 0.1) is 51.8 Å². The summed E-state index contributed by atoms with van der Waals surface area (Å²) in [5.74, 6) is -3.30. The van der Waals surface area contributed by atoms with Crippen LogP contribution in [0.1, 0.15) is 96.8 Å². The molecule has 31 heteroatoms. The number of carbonyl (C=O) groups excluding carboxylic acids is 5. The van der Waals surface area contributed by atoms with Gasteiger partial charge >= 0.3 is 0 Å². The van der Waals surface area contributed by atoms with Crippen molar-refractivity contribution in [3.05, 3.63) is 42.0 Å². The standard InChI is InChI=1S/C57H91N5O26/c1-7-8-9-10-11-12-13-14-15-19-79-32-18-16-17-31(20-32)53(78)62-39-44(73)43(72)33(21-63)81-54(39)86-50-35(23-65)83-56(41(46(50)75)60-29(5)70)88-52-37(25-67)84-57(42(48(52)77)61-30(6)71)87-51-36(24-66)82-55(40(47(51)76)59-28(4)69)85-49-34(22-64)80-26(2)38(45(49)74)58-27(3)68/h12-13,16-18,20,26,33-52,54-57,63-67,72-77H,7-11,14-15,19,21-25H2,1-6H3,(H,58,68)(H,59,69)(H,60,70)(H,61,71)(H,62,78)/b13-12-/t26?,33?,34?,35-,36-,37?,38?,39-,40?,41?,42?,43+,44+,45+,46?,47?,48+,49?,50+,51+,52?,54?,55?,56?,57-/m0/s1. The van der Waals surface area contributed by atoms with Crippen LogP contribution < -0.4 is 31.3 Å². The zero-order chi connectivity index (χ0) is 64.5. The molecule has 1 aromatic rings. The molecule has 31 nitrogen and oxygen atoms in total. The molecule has 5 amide bonds. The van der Waals surface area contributed by atoms with E-state index in [9.17, 15) is 80.1 Å². The maximum atomic E-state index is 13.9. The summed E-state index contributed by atoms with van der Waals surface area (Å²) in [7, 11) is 0. The van der Waals surface area contributed by atoms with Crippen LogP contribution in [0.4, 0.5) is 0 Å². The predicted octanol–water partition coefficient (Wildman–Crippen LogP) is -5.16. The lowest BCUT2D eigenvalue weighted by Gasteiger charge is -2.51. The summed E-state index contributed by atoms with van der Waals surface area (Å²) < 4.78 is 60.6. The van der Waals surface area contributed by atoms with E-state index in [1.54, 1.807) is 12.1 Å². The van der Waals surface area contributed by atoms with Gasteiger partial charge in [0.15, 0.2) is 25.2 Å². The van der Waals surface area contributed by atoms with Crippen molar-refractivity contribution >= 4 is 29.5 Å². The van der Waals surface area contributed by atoms with Crippen LogP contribution in [0.15, 0.2) is 36.4 Å². The molecule has 500 valence electrons. The molecule has 6 rings (SSSR count). The van der Waals surface area contributed by atoms with Crippen LogP contribution in [0.3, 0.4) is 0 Å². The Bertz CT molecular complexity index is 2400. The maximum absolute atomic E-state index is 13.9. The number of allylic oxidation sites excluding steroid dienone is 2. The molecule has 0 bridgehead atoms. The highest BCUT2D eigenvalue weighted by Gasteiger charge is 2.57. The van der Waals surface area contributed by atoms with E-state index in [0.29, 0.717) is 18.8 Å². The van der Waals surface area contributed by atoms with Gasteiger partial charge < -0.3 is 130 Å². The molecule has 5 saturated heterocycles. The van der Waals surface area contributed by atoms with Gasteiger partial charge in [-0.15, -0.1) is 0 Å². The van der Waals surface area contributed by atoms with E-state index >= 15 is 0 Å². The highest BCUT2D eigenvalue weighted by atomic mass is 16.8. The zero-order valence-electron chi connectivity index (χ0n) is 50.1. The Kier molecular flexibility index (Phi) is 28.5. The van der Waals surface area contributed by atoms with Crippen LogP contribution in [-0.4, -0.2) is 278 Å². The van der Waals surface area contributed by atoms with Gasteiger partial charge in [-0.05, 0) is 50.8 Å². The molecule has 0 aromatic heterocycles. The fourth-order valence-corrected chi connectivity index (χ4v) is 11.4. The number of ether oxygens (including phenoxy) is 10. The van der Waals surface area contributed by atoms with E-state index in [1.807, 2.05) is 0 Å². The van der Waals surface area contributed by atoms with Crippen LogP contribution in [-0.2, 0) is 61.8 Å². The number of benzene rings is 1. The topological polar surface area (TPSA) is 460 Å². The smallest absolute Gasteiger partial charge is 0.251 e. The van der Waals surface area contributed by atoms with E-state index < -0.39 is 216 Å². The largest absolute Gasteiger partial charge is 0.494 e. The zero-order valence-corrected chi connectivity index (χ0v) is 50.1. The van der Waals surface area contributed by atoms with Gasteiger partial charge in [0.25, 0.3) is 5.91 Å². The summed E-state index contributed by atoms with van der Waals surface area (Å²) in [4.78, 5) is 64.3. The third-order valence-corrected chi connectivity index (χ3v) is 15.8. The van der Waals surface area contributed by atoms with Crippen LogP contribution in [0.5, 0.6) is 5.75 Å². The minimum atomic E-state index is -2.01. The van der Waals surface area contributed by atoms with Crippen molar-refractivity contribution in [1.82, 2.24) is 26.6 Å². The second-order valence-corrected chi connectivity index (χ2v) is 22.6. The van der Waals surface area contributed by atoms with Gasteiger partial charge in [0.2, 0.25) is 23.6 Å². The number of aliphatic hydroxyl groups is 11. The number of hydrogen-bond acceptors (Lipinski definition) is 26. The average molecular weight is 1260 g/mol. The first-order valence-corrected chi connectivity index (χ1v) is 29.8. The second kappa shape index (κ2) is 34.7. The summed E-state index contributed by atoms with van der Waals surface area (Å²) in [6.45, 7) is 3.96. The molecular weight excluding hydrogens is 1170 g/mol. The van der Waals surface area contributed by atoms with Gasteiger partial charge in [-0.1, -0.05) is 44.4 Å². The maximum Gasteiger partial charge on any atom is 0.251 e. The van der Waals surface area contributed by atoms with Crippen molar-refractivity contribution in [3.8, 4) is 5.75 Å². The Morgan fingerprint density at radius 2 is 0.841 bits per heavy atom. The number of amides is 5. The van der Waals surface area contributed by atoms with E-state index in [1.165, 1.54) is 45.2 Å². The lowest BCUT2D eigenvalue weighted by atomic mass is 9.92. The predicted molar refractivity (Wildman–Crippen MR) is 301 cm³/mol. The average Bonchev–Trinajstić information content (AvgIpc) is 1.44. The van der Waals surface area contributed by atoms with Crippen LogP contribution in [0.2, 0.25) is 0 Å². The molecule has 88 heavy (non-hydrogen) atoms. The Labute approximate surface area is 509 Å². The number of aliphatic hydroxyl groups excluding tert-OH is 11. The van der Waals surface area contributed by atoms with Crippen molar-refractivity contribution in [3.63, 3.8) is 0 Å². The summed E-state index contributed by atoms with van der Waals surface area (Å²) in [6, 6.07) is -1.61. The van der Waals surface area contributed by atoms with E-state index in [0.717, 1.165) is 40.0 Å². The summed E-state index contributed by atoms with van der Waals surface area (Å²) in [6.07, 6.45) is -22.4. The molecule has 5 fully saturated rings. The quantitative estimate of drug-likeness (QED) is 0.0263. The van der Waals surface area contributed by atoms with Gasteiger partial charge in [0.1, 0.15) is 121 Å². The molecule has 5 aliphatic heterocycles. The number of hydrogen-bond donors (Lipinski definition) is 16. The molecule has 16 N–H and O–H groups in total.